The van der Waals surface area contributed by atoms with E-state index in [4.69, 9.17) is 5.26 Å². The highest BCUT2D eigenvalue weighted by molar-refractivity contribution is 8.00. The maximum absolute atomic E-state index is 12.3. The van der Waals surface area contributed by atoms with Gasteiger partial charge in [0.25, 0.3) is 0 Å². The van der Waals surface area contributed by atoms with Crippen LogP contribution in [0.15, 0.2) is 29.4 Å². The number of nitrogens with one attached hydrogen (secondary N) is 2. The van der Waals surface area contributed by atoms with Crippen molar-refractivity contribution >= 4 is 23.4 Å². The van der Waals surface area contributed by atoms with Crippen LogP contribution >= 0.6 is 11.8 Å². The van der Waals surface area contributed by atoms with Gasteiger partial charge >= 0.3 is 0 Å². The van der Waals surface area contributed by atoms with Gasteiger partial charge in [0, 0.05) is 12.1 Å². The van der Waals surface area contributed by atoms with E-state index in [1.807, 2.05) is 6.92 Å². The second-order valence-electron chi connectivity index (χ2n) is 6.69. The number of amides is 1. The Balaban J connectivity index is 1.48. The summed E-state index contributed by atoms with van der Waals surface area (Å²) in [5.74, 6) is 1.62. The molecule has 0 saturated heterocycles. The number of hydrogen-bond donors (Lipinski definition) is 2. The van der Waals surface area contributed by atoms with Crippen LogP contribution in [0.25, 0.3) is 0 Å². The summed E-state index contributed by atoms with van der Waals surface area (Å²) in [6.07, 6.45) is 7.46. The molecule has 2 aromatic rings. The Morgan fingerprint density at radius 3 is 2.81 bits per heavy atom. The van der Waals surface area contributed by atoms with Gasteiger partial charge in [-0.15, -0.1) is 5.10 Å². The minimum absolute atomic E-state index is 0.114. The number of anilines is 1. The van der Waals surface area contributed by atoms with Crippen LogP contribution in [0.1, 0.15) is 50.4 Å². The molecule has 0 aliphatic heterocycles. The Labute approximate surface area is 157 Å². The predicted octanol–water partition coefficient (Wildman–Crippen LogP) is 3.92. The molecule has 1 aromatic heterocycles. The maximum atomic E-state index is 12.3. The van der Waals surface area contributed by atoms with Gasteiger partial charge in [0.1, 0.15) is 5.82 Å². The van der Waals surface area contributed by atoms with Gasteiger partial charge in [-0.2, -0.15) is 5.26 Å². The molecule has 6 nitrogen and oxygen atoms in total. The van der Waals surface area contributed by atoms with Gasteiger partial charge in [0.15, 0.2) is 0 Å². The van der Waals surface area contributed by atoms with E-state index < -0.39 is 0 Å². The van der Waals surface area contributed by atoms with Crippen LogP contribution in [0.3, 0.4) is 0 Å². The van der Waals surface area contributed by atoms with Crippen LogP contribution in [-0.4, -0.2) is 26.3 Å². The van der Waals surface area contributed by atoms with Gasteiger partial charge in [0.05, 0.1) is 16.9 Å². The molecular formula is C19H23N5OS. The average molecular weight is 369 g/mol. The lowest BCUT2D eigenvalue weighted by Gasteiger charge is -2.10. The first kappa shape index (κ1) is 18.5. The first-order valence-electron chi connectivity index (χ1n) is 9.03. The van der Waals surface area contributed by atoms with Crippen molar-refractivity contribution in [3.8, 4) is 6.07 Å². The van der Waals surface area contributed by atoms with Crippen LogP contribution in [0.5, 0.6) is 0 Å². The number of nitrogens with zero attached hydrogens (tertiary/aromatic N) is 3. The molecule has 1 aliphatic rings. The van der Waals surface area contributed by atoms with E-state index in [2.05, 4.69) is 26.6 Å². The fraction of sp³-hybridized carbons (Fsp3) is 0.474. The van der Waals surface area contributed by atoms with Crippen LogP contribution in [0, 0.1) is 17.2 Å². The molecule has 0 radical (unpaired) electrons. The number of aromatic amines is 1. The van der Waals surface area contributed by atoms with Crippen molar-refractivity contribution in [2.45, 2.75) is 55.9 Å². The van der Waals surface area contributed by atoms with Crippen molar-refractivity contribution in [2.75, 3.05) is 5.32 Å². The van der Waals surface area contributed by atoms with Gasteiger partial charge < -0.3 is 5.32 Å². The molecule has 136 valence electrons. The predicted molar refractivity (Wildman–Crippen MR) is 102 cm³/mol. The number of rotatable bonds is 7. The zero-order valence-corrected chi connectivity index (χ0v) is 15.7. The topological polar surface area (TPSA) is 94.5 Å². The molecule has 2 N–H and O–H groups in total. The van der Waals surface area contributed by atoms with Crippen LogP contribution in [-0.2, 0) is 11.2 Å². The average Bonchev–Trinajstić information content (AvgIpc) is 3.32. The number of nitriles is 1. The Kier molecular flexibility index (Phi) is 6.29. The standard InChI is InChI=1S/C19H23N5OS/c1-13(18(25)21-16-9-6-15(12-20)7-10-16)26-19-22-17(23-24-19)11-8-14-4-2-3-5-14/h6-7,9-10,13-14H,2-5,8,11H2,1H3,(H,21,25)(H,22,23,24). The fourth-order valence-electron chi connectivity index (χ4n) is 3.17. The molecule has 1 saturated carbocycles. The molecular weight excluding hydrogens is 346 g/mol. The third-order valence-electron chi connectivity index (χ3n) is 4.71. The highest BCUT2D eigenvalue weighted by Crippen LogP contribution is 2.28. The molecule has 1 unspecified atom stereocenters. The van der Waals surface area contributed by atoms with E-state index in [0.717, 1.165) is 24.6 Å². The summed E-state index contributed by atoms with van der Waals surface area (Å²) in [6.45, 7) is 1.83. The summed E-state index contributed by atoms with van der Waals surface area (Å²) in [7, 11) is 0. The maximum Gasteiger partial charge on any atom is 0.237 e. The normalized spacial score (nSPS) is 15.5. The third kappa shape index (κ3) is 5.09. The molecule has 7 heteroatoms. The lowest BCUT2D eigenvalue weighted by atomic mass is 10.0. The van der Waals surface area contributed by atoms with Gasteiger partial charge in [-0.25, -0.2) is 4.98 Å². The Hall–Kier alpha value is -2.33. The van der Waals surface area contributed by atoms with Crippen molar-refractivity contribution in [3.05, 3.63) is 35.7 Å². The van der Waals surface area contributed by atoms with Crippen LogP contribution in [0.4, 0.5) is 5.69 Å². The number of carbonyl (C=O) groups excluding carboxylic acids is 1. The summed E-state index contributed by atoms with van der Waals surface area (Å²) in [6, 6.07) is 8.86. The summed E-state index contributed by atoms with van der Waals surface area (Å²) >= 11 is 1.34. The quantitative estimate of drug-likeness (QED) is 0.721. The van der Waals surface area contributed by atoms with E-state index >= 15 is 0 Å². The molecule has 0 spiro atoms. The molecule has 1 fully saturated rings. The zero-order valence-electron chi connectivity index (χ0n) is 14.9. The van der Waals surface area contributed by atoms with E-state index in [9.17, 15) is 4.79 Å². The van der Waals surface area contributed by atoms with Crippen LogP contribution < -0.4 is 5.32 Å². The van der Waals surface area contributed by atoms with Crippen molar-refractivity contribution in [1.29, 1.82) is 5.26 Å². The molecule has 1 aliphatic carbocycles. The molecule has 1 atom stereocenters. The summed E-state index contributed by atoms with van der Waals surface area (Å²) in [4.78, 5) is 16.8. The molecule has 26 heavy (non-hydrogen) atoms. The summed E-state index contributed by atoms with van der Waals surface area (Å²) < 4.78 is 0. The molecule has 1 aromatic carbocycles. The smallest absolute Gasteiger partial charge is 0.237 e. The second-order valence-corrected chi connectivity index (χ2v) is 8.00. The lowest BCUT2D eigenvalue weighted by Crippen LogP contribution is -2.22. The Morgan fingerprint density at radius 1 is 1.38 bits per heavy atom. The minimum Gasteiger partial charge on any atom is -0.325 e. The first-order chi connectivity index (χ1) is 12.6. The van der Waals surface area contributed by atoms with E-state index in [0.29, 0.717) is 16.4 Å². The van der Waals surface area contributed by atoms with E-state index in [1.165, 1.54) is 37.4 Å². The second kappa shape index (κ2) is 8.86. The van der Waals surface area contributed by atoms with Gasteiger partial charge in [-0.3, -0.25) is 9.89 Å². The van der Waals surface area contributed by atoms with Crippen molar-refractivity contribution in [2.24, 2.45) is 5.92 Å². The van der Waals surface area contributed by atoms with Crippen LogP contribution in [0.2, 0.25) is 0 Å². The number of H-pyrrole nitrogens is 1. The monoisotopic (exact) mass is 369 g/mol. The number of benzene rings is 1. The van der Waals surface area contributed by atoms with Crippen molar-refractivity contribution < 1.29 is 4.79 Å². The number of aromatic nitrogens is 3. The summed E-state index contributed by atoms with van der Waals surface area (Å²) in [5, 5.41) is 19.2. The molecule has 1 heterocycles. The van der Waals surface area contributed by atoms with Gasteiger partial charge in [0.2, 0.25) is 11.1 Å². The third-order valence-corrected chi connectivity index (χ3v) is 5.67. The number of carbonyl (C=O) groups is 1. The van der Waals surface area contributed by atoms with Crippen molar-refractivity contribution in [3.63, 3.8) is 0 Å². The number of aryl methyl sites for hydroxylation is 1. The summed E-state index contributed by atoms with van der Waals surface area (Å²) in [5.41, 5.74) is 1.24. The highest BCUT2D eigenvalue weighted by atomic mass is 32.2. The number of hydrogen-bond acceptors (Lipinski definition) is 5. The Bertz CT molecular complexity index is 774. The molecule has 3 rings (SSSR count). The first-order valence-corrected chi connectivity index (χ1v) is 9.91. The SMILES string of the molecule is CC(Sc1n[nH]c(CCC2CCCC2)n1)C(=O)Nc1ccc(C#N)cc1. The largest absolute Gasteiger partial charge is 0.325 e. The molecule has 0 bridgehead atoms. The molecule has 1 amide bonds. The minimum atomic E-state index is -0.316. The van der Waals surface area contributed by atoms with E-state index in [1.54, 1.807) is 24.3 Å². The van der Waals surface area contributed by atoms with Crippen molar-refractivity contribution in [1.82, 2.24) is 15.2 Å². The zero-order chi connectivity index (χ0) is 18.4. The lowest BCUT2D eigenvalue weighted by molar-refractivity contribution is -0.115. The number of thioether (sulfide) groups is 1. The van der Waals surface area contributed by atoms with E-state index in [-0.39, 0.29) is 11.2 Å². The fourth-order valence-corrected chi connectivity index (χ4v) is 3.91. The Morgan fingerprint density at radius 2 is 2.12 bits per heavy atom. The van der Waals surface area contributed by atoms with Gasteiger partial charge in [-0.05, 0) is 43.5 Å². The highest BCUT2D eigenvalue weighted by Gasteiger charge is 2.19. The van der Waals surface area contributed by atoms with Gasteiger partial charge in [-0.1, -0.05) is 37.4 Å².